The van der Waals surface area contributed by atoms with Crippen molar-refractivity contribution in [2.45, 2.75) is 6.04 Å². The largest absolute Gasteiger partial charge is 0.409 e. The summed E-state index contributed by atoms with van der Waals surface area (Å²) in [6, 6.07) is 0.0359. The average molecular weight is 158 g/mol. The van der Waals surface area contributed by atoms with Gasteiger partial charge in [0.15, 0.2) is 5.84 Å². The Morgan fingerprint density at radius 1 is 1.82 bits per heavy atom. The van der Waals surface area contributed by atoms with E-state index in [1.165, 1.54) is 0 Å². The van der Waals surface area contributed by atoms with E-state index in [1.54, 1.807) is 0 Å². The van der Waals surface area contributed by atoms with E-state index in [0.29, 0.717) is 0 Å². The summed E-state index contributed by atoms with van der Waals surface area (Å²) in [5.74, 6) is 0.278. The SMILES string of the molecule is CN1CCNCC1/C(N)=N/O. The second-order valence-electron chi connectivity index (χ2n) is 2.73. The van der Waals surface area contributed by atoms with E-state index >= 15 is 0 Å². The van der Waals surface area contributed by atoms with E-state index in [0.717, 1.165) is 19.6 Å². The highest BCUT2D eigenvalue weighted by atomic mass is 16.4. The number of rotatable bonds is 1. The monoisotopic (exact) mass is 158 g/mol. The van der Waals surface area contributed by atoms with Crippen molar-refractivity contribution in [3.05, 3.63) is 0 Å². The van der Waals surface area contributed by atoms with Crippen LogP contribution in [0.2, 0.25) is 0 Å². The first kappa shape index (κ1) is 8.29. The first-order chi connectivity index (χ1) is 5.25. The topological polar surface area (TPSA) is 73.9 Å². The van der Waals surface area contributed by atoms with Crippen molar-refractivity contribution >= 4 is 5.84 Å². The van der Waals surface area contributed by atoms with Crippen molar-refractivity contribution < 1.29 is 5.21 Å². The standard InChI is InChI=1S/C6H14N4O/c1-10-3-2-8-4-5(10)6(7)9-11/h5,8,11H,2-4H2,1H3,(H2,7,9). The fourth-order valence-electron chi connectivity index (χ4n) is 1.20. The Balaban J connectivity index is 2.54. The van der Waals surface area contributed by atoms with Crippen LogP contribution in [0.15, 0.2) is 5.16 Å². The third-order valence-electron chi connectivity index (χ3n) is 1.97. The Morgan fingerprint density at radius 2 is 2.55 bits per heavy atom. The van der Waals surface area contributed by atoms with Gasteiger partial charge in [0.05, 0.1) is 6.04 Å². The molecule has 0 bridgehead atoms. The summed E-state index contributed by atoms with van der Waals surface area (Å²) in [5.41, 5.74) is 5.46. The van der Waals surface area contributed by atoms with Crippen molar-refractivity contribution in [1.29, 1.82) is 0 Å². The molecule has 0 amide bonds. The highest BCUT2D eigenvalue weighted by Crippen LogP contribution is 1.98. The molecule has 0 aromatic carbocycles. The molecule has 0 aromatic heterocycles. The van der Waals surface area contributed by atoms with Gasteiger partial charge in [0.1, 0.15) is 0 Å². The number of nitrogens with two attached hydrogens (primary N) is 1. The minimum absolute atomic E-state index is 0.0359. The summed E-state index contributed by atoms with van der Waals surface area (Å²) in [6.07, 6.45) is 0. The number of hydrogen-bond acceptors (Lipinski definition) is 4. The molecule has 0 spiro atoms. The van der Waals surface area contributed by atoms with E-state index in [1.807, 2.05) is 7.05 Å². The highest BCUT2D eigenvalue weighted by molar-refractivity contribution is 5.85. The molecule has 64 valence electrons. The number of likely N-dealkylation sites (N-methyl/N-ethyl adjacent to an activating group) is 1. The molecule has 1 rings (SSSR count). The third kappa shape index (κ3) is 1.81. The molecule has 4 N–H and O–H groups in total. The number of amidine groups is 1. The molecule has 1 saturated heterocycles. The minimum atomic E-state index is 0.0359. The molecule has 1 aliphatic heterocycles. The van der Waals surface area contributed by atoms with Crippen LogP contribution < -0.4 is 11.1 Å². The van der Waals surface area contributed by atoms with Crippen molar-refractivity contribution in [2.75, 3.05) is 26.7 Å². The zero-order chi connectivity index (χ0) is 8.27. The molecule has 0 saturated carbocycles. The summed E-state index contributed by atoms with van der Waals surface area (Å²) < 4.78 is 0. The Hall–Kier alpha value is -0.810. The molecule has 1 aliphatic rings. The van der Waals surface area contributed by atoms with E-state index in [2.05, 4.69) is 15.4 Å². The quantitative estimate of drug-likeness (QED) is 0.191. The van der Waals surface area contributed by atoms with Gasteiger partial charge in [0, 0.05) is 19.6 Å². The third-order valence-corrected chi connectivity index (χ3v) is 1.97. The zero-order valence-corrected chi connectivity index (χ0v) is 6.62. The predicted octanol–water partition coefficient (Wildman–Crippen LogP) is -1.36. The van der Waals surface area contributed by atoms with Crippen LogP contribution in [0.5, 0.6) is 0 Å². The lowest BCUT2D eigenvalue weighted by molar-refractivity contribution is 0.239. The lowest BCUT2D eigenvalue weighted by Crippen LogP contribution is -2.55. The molecule has 1 heterocycles. The maximum atomic E-state index is 8.41. The van der Waals surface area contributed by atoms with Crippen molar-refractivity contribution in [3.63, 3.8) is 0 Å². The highest BCUT2D eigenvalue weighted by Gasteiger charge is 2.21. The Morgan fingerprint density at radius 3 is 3.09 bits per heavy atom. The zero-order valence-electron chi connectivity index (χ0n) is 6.62. The predicted molar refractivity (Wildman–Crippen MR) is 42.7 cm³/mol. The maximum absolute atomic E-state index is 8.41. The molecule has 1 fully saturated rings. The van der Waals surface area contributed by atoms with Gasteiger partial charge in [-0.25, -0.2) is 0 Å². The van der Waals surface area contributed by atoms with E-state index < -0.39 is 0 Å². The van der Waals surface area contributed by atoms with E-state index in [4.69, 9.17) is 10.9 Å². The second-order valence-corrected chi connectivity index (χ2v) is 2.73. The molecule has 1 atom stereocenters. The van der Waals surface area contributed by atoms with Crippen LogP contribution in [0, 0.1) is 0 Å². The maximum Gasteiger partial charge on any atom is 0.157 e. The average Bonchev–Trinajstić information content (AvgIpc) is 2.04. The number of oxime groups is 1. The molecule has 0 aliphatic carbocycles. The number of hydrogen-bond donors (Lipinski definition) is 3. The van der Waals surface area contributed by atoms with Gasteiger partial charge in [-0.3, -0.25) is 4.90 Å². The Kier molecular flexibility index (Phi) is 2.67. The molecule has 5 heteroatoms. The fraction of sp³-hybridized carbons (Fsp3) is 0.833. The minimum Gasteiger partial charge on any atom is -0.409 e. The molecule has 5 nitrogen and oxygen atoms in total. The van der Waals surface area contributed by atoms with Crippen LogP contribution in [0.3, 0.4) is 0 Å². The van der Waals surface area contributed by atoms with Crippen LogP contribution >= 0.6 is 0 Å². The number of piperazine rings is 1. The molecule has 0 radical (unpaired) electrons. The van der Waals surface area contributed by atoms with Gasteiger partial charge >= 0.3 is 0 Å². The summed E-state index contributed by atoms with van der Waals surface area (Å²) in [5, 5.41) is 14.6. The molecular formula is C6H14N4O. The molecular weight excluding hydrogens is 144 g/mol. The van der Waals surface area contributed by atoms with Gasteiger partial charge in [0.2, 0.25) is 0 Å². The van der Waals surface area contributed by atoms with Gasteiger partial charge < -0.3 is 16.3 Å². The first-order valence-corrected chi connectivity index (χ1v) is 3.64. The van der Waals surface area contributed by atoms with Crippen LogP contribution in [-0.2, 0) is 0 Å². The Labute approximate surface area is 65.9 Å². The normalized spacial score (nSPS) is 28.8. The van der Waals surface area contributed by atoms with Crippen LogP contribution in [-0.4, -0.2) is 48.7 Å². The van der Waals surface area contributed by atoms with Gasteiger partial charge in [-0.1, -0.05) is 5.16 Å². The number of nitrogens with zero attached hydrogens (tertiary/aromatic N) is 2. The smallest absolute Gasteiger partial charge is 0.157 e. The van der Waals surface area contributed by atoms with Gasteiger partial charge in [-0.2, -0.15) is 0 Å². The van der Waals surface area contributed by atoms with Crippen molar-refractivity contribution in [2.24, 2.45) is 10.9 Å². The summed E-state index contributed by atoms with van der Waals surface area (Å²) in [7, 11) is 1.96. The second kappa shape index (κ2) is 3.54. The van der Waals surface area contributed by atoms with Crippen LogP contribution in [0.1, 0.15) is 0 Å². The van der Waals surface area contributed by atoms with Gasteiger partial charge in [-0.05, 0) is 7.05 Å². The molecule has 1 unspecified atom stereocenters. The van der Waals surface area contributed by atoms with Crippen LogP contribution in [0.4, 0.5) is 0 Å². The summed E-state index contributed by atoms with van der Waals surface area (Å²) >= 11 is 0. The van der Waals surface area contributed by atoms with Gasteiger partial charge in [0.25, 0.3) is 0 Å². The number of nitrogens with one attached hydrogen (secondary N) is 1. The molecule has 0 aromatic rings. The van der Waals surface area contributed by atoms with E-state index in [-0.39, 0.29) is 11.9 Å². The van der Waals surface area contributed by atoms with Crippen molar-refractivity contribution in [1.82, 2.24) is 10.2 Å². The summed E-state index contributed by atoms with van der Waals surface area (Å²) in [4.78, 5) is 2.06. The van der Waals surface area contributed by atoms with E-state index in [9.17, 15) is 0 Å². The fourth-order valence-corrected chi connectivity index (χ4v) is 1.20. The molecule has 11 heavy (non-hydrogen) atoms. The Bertz CT molecular complexity index is 159. The van der Waals surface area contributed by atoms with Crippen molar-refractivity contribution in [3.8, 4) is 0 Å². The summed E-state index contributed by atoms with van der Waals surface area (Å²) in [6.45, 7) is 2.65. The van der Waals surface area contributed by atoms with Crippen LogP contribution in [0.25, 0.3) is 0 Å². The lowest BCUT2D eigenvalue weighted by atomic mass is 10.2. The lowest BCUT2D eigenvalue weighted by Gasteiger charge is -2.31. The first-order valence-electron chi connectivity index (χ1n) is 3.64. The van der Waals surface area contributed by atoms with Gasteiger partial charge in [-0.15, -0.1) is 0 Å².